The Morgan fingerprint density at radius 3 is 2.37 bits per heavy atom. The maximum absolute atomic E-state index is 12.5. The topological polar surface area (TPSA) is 129 Å². The van der Waals surface area contributed by atoms with E-state index >= 15 is 0 Å². The molecule has 3 amide bonds. The Bertz CT molecular complexity index is 845. The van der Waals surface area contributed by atoms with Crippen LogP contribution in [0.15, 0.2) is 34.9 Å². The number of urea groups is 1. The van der Waals surface area contributed by atoms with E-state index in [4.69, 9.17) is 4.52 Å². The van der Waals surface area contributed by atoms with Gasteiger partial charge in [0.15, 0.2) is 5.82 Å². The first kappa shape index (κ1) is 23.5. The number of hydrogen-bond acceptors (Lipinski definition) is 7. The number of aliphatic hydroxyl groups excluding tert-OH is 1. The van der Waals surface area contributed by atoms with Gasteiger partial charge in [0, 0.05) is 5.56 Å². The molecule has 0 aliphatic carbocycles. The number of nitrogens with zero attached hydrogens (tertiary/aromatic N) is 3. The largest absolute Gasteiger partial charge is 0.383 e. The summed E-state index contributed by atoms with van der Waals surface area (Å²) in [6, 6.07) is 7.32. The molecular formula is C21H30N4O5. The minimum atomic E-state index is -1.47. The van der Waals surface area contributed by atoms with E-state index < -0.39 is 29.5 Å². The summed E-state index contributed by atoms with van der Waals surface area (Å²) in [4.78, 5) is 29.0. The predicted molar refractivity (Wildman–Crippen MR) is 109 cm³/mol. The molecule has 9 heteroatoms. The predicted octanol–water partition coefficient (Wildman–Crippen LogP) is 3.55. The Morgan fingerprint density at radius 2 is 1.80 bits per heavy atom. The summed E-state index contributed by atoms with van der Waals surface area (Å²) in [6.07, 6.45) is -0.737. The van der Waals surface area contributed by atoms with E-state index in [9.17, 15) is 19.9 Å². The number of rotatable bonds is 7. The molecule has 0 aliphatic heterocycles. The molecule has 1 aromatic heterocycles. The fourth-order valence-corrected chi connectivity index (χ4v) is 2.76. The van der Waals surface area contributed by atoms with Crippen molar-refractivity contribution in [3.05, 3.63) is 36.2 Å². The van der Waals surface area contributed by atoms with Crippen LogP contribution in [0.3, 0.4) is 0 Å². The van der Waals surface area contributed by atoms with Crippen molar-refractivity contribution in [2.45, 2.75) is 59.6 Å². The Balaban J connectivity index is 2.14. The van der Waals surface area contributed by atoms with E-state index in [0.29, 0.717) is 6.42 Å². The second-order valence-electron chi connectivity index (χ2n) is 8.71. The minimum Gasteiger partial charge on any atom is -0.383 e. The lowest BCUT2D eigenvalue weighted by Gasteiger charge is -2.30. The maximum atomic E-state index is 12.5. The van der Waals surface area contributed by atoms with Crippen molar-refractivity contribution in [1.82, 2.24) is 20.5 Å². The van der Waals surface area contributed by atoms with E-state index in [-0.39, 0.29) is 29.1 Å². The highest BCUT2D eigenvalue weighted by molar-refractivity contribution is 5.95. The summed E-state index contributed by atoms with van der Waals surface area (Å²) in [7, 11) is 0. The van der Waals surface area contributed by atoms with Gasteiger partial charge in [-0.2, -0.15) is 4.98 Å². The smallest absolute Gasteiger partial charge is 0.349 e. The molecule has 0 radical (unpaired) electrons. The number of carbonyl (C=O) groups excluding carboxylic acids is 2. The third kappa shape index (κ3) is 6.11. The average molecular weight is 418 g/mol. The fraction of sp³-hybridized carbons (Fsp3) is 0.524. The van der Waals surface area contributed by atoms with Gasteiger partial charge < -0.3 is 14.9 Å². The molecule has 1 aromatic carbocycles. The molecule has 0 bridgehead atoms. The number of benzene rings is 1. The molecule has 164 valence electrons. The molecule has 2 atom stereocenters. The molecule has 1 unspecified atom stereocenters. The Hall–Kier alpha value is -2.78. The van der Waals surface area contributed by atoms with Crippen molar-refractivity contribution in [1.29, 1.82) is 0 Å². The minimum absolute atomic E-state index is 0.0953. The van der Waals surface area contributed by atoms with Gasteiger partial charge in [0.25, 0.3) is 11.8 Å². The summed E-state index contributed by atoms with van der Waals surface area (Å²) in [5.74, 6) is -0.319. The van der Waals surface area contributed by atoms with Crippen LogP contribution in [-0.4, -0.2) is 43.6 Å². The summed E-state index contributed by atoms with van der Waals surface area (Å²) in [6.45, 7) is 9.43. The molecule has 0 aliphatic rings. The van der Waals surface area contributed by atoms with Crippen LogP contribution in [0, 0.1) is 11.3 Å². The highest BCUT2D eigenvalue weighted by atomic mass is 16.5. The lowest BCUT2D eigenvalue weighted by Crippen LogP contribution is -2.49. The van der Waals surface area contributed by atoms with Crippen molar-refractivity contribution in [2.75, 3.05) is 0 Å². The van der Waals surface area contributed by atoms with Crippen LogP contribution in [0.4, 0.5) is 4.79 Å². The zero-order chi connectivity index (χ0) is 22.5. The monoisotopic (exact) mass is 418 g/mol. The number of hydroxylamine groups is 2. The summed E-state index contributed by atoms with van der Waals surface area (Å²) < 4.78 is 5.31. The zero-order valence-electron chi connectivity index (χ0n) is 18.0. The van der Waals surface area contributed by atoms with Crippen molar-refractivity contribution < 1.29 is 24.4 Å². The third-order valence-corrected chi connectivity index (χ3v) is 4.56. The molecule has 9 nitrogen and oxygen atoms in total. The third-order valence-electron chi connectivity index (χ3n) is 4.56. The normalized spacial score (nSPS) is 13.7. The van der Waals surface area contributed by atoms with Gasteiger partial charge in [-0.3, -0.25) is 10.0 Å². The van der Waals surface area contributed by atoms with Crippen LogP contribution in [-0.2, 0) is 4.79 Å². The van der Waals surface area contributed by atoms with E-state index in [2.05, 4.69) is 15.5 Å². The molecule has 0 spiro atoms. The van der Waals surface area contributed by atoms with E-state index in [1.165, 1.54) is 0 Å². The first-order valence-electron chi connectivity index (χ1n) is 9.91. The molecule has 0 fully saturated rings. The molecule has 1 heterocycles. The van der Waals surface area contributed by atoms with Crippen LogP contribution in [0.5, 0.6) is 0 Å². The summed E-state index contributed by atoms with van der Waals surface area (Å²) in [5, 5.41) is 26.4. The van der Waals surface area contributed by atoms with Gasteiger partial charge in [0.05, 0.1) is 6.04 Å². The standard InChI is InChI=1S/C21H30N4O5/c1-13(2)11-12-15(26)19(27)25(29)20(28)22-16(21(3,4)5)17-23-18(30-24-17)14-9-7-6-8-10-14/h6-10,13,15-16,26,29H,11-12H2,1-5H3,(H,22,28)/t15-,16?/m1/s1. The summed E-state index contributed by atoms with van der Waals surface area (Å²) in [5.41, 5.74) is 0.163. The fourth-order valence-electron chi connectivity index (χ4n) is 2.76. The van der Waals surface area contributed by atoms with Crippen LogP contribution in [0.1, 0.15) is 59.3 Å². The van der Waals surface area contributed by atoms with Gasteiger partial charge in [-0.05, 0) is 36.3 Å². The van der Waals surface area contributed by atoms with Gasteiger partial charge in [-0.1, -0.05) is 58.0 Å². The molecule has 2 aromatic rings. The van der Waals surface area contributed by atoms with E-state index in [0.717, 1.165) is 5.56 Å². The lowest BCUT2D eigenvalue weighted by atomic mass is 9.86. The number of aromatic nitrogens is 2. The van der Waals surface area contributed by atoms with Crippen LogP contribution in [0.2, 0.25) is 0 Å². The van der Waals surface area contributed by atoms with Gasteiger partial charge >= 0.3 is 6.03 Å². The molecule has 0 saturated carbocycles. The average Bonchev–Trinajstić information content (AvgIpc) is 3.18. The maximum Gasteiger partial charge on any atom is 0.349 e. The van der Waals surface area contributed by atoms with Crippen molar-refractivity contribution in [2.24, 2.45) is 11.3 Å². The quantitative estimate of drug-likeness (QED) is 0.463. The summed E-state index contributed by atoms with van der Waals surface area (Å²) >= 11 is 0. The highest BCUT2D eigenvalue weighted by Gasteiger charge is 2.35. The van der Waals surface area contributed by atoms with Crippen molar-refractivity contribution in [3.8, 4) is 11.5 Å². The van der Waals surface area contributed by atoms with E-state index in [1.807, 2.05) is 65.0 Å². The molecule has 30 heavy (non-hydrogen) atoms. The van der Waals surface area contributed by atoms with Gasteiger partial charge in [0.1, 0.15) is 6.10 Å². The number of imide groups is 1. The second kappa shape index (κ2) is 9.82. The SMILES string of the molecule is CC(C)CC[C@@H](O)C(=O)N(O)C(=O)NC(c1noc(-c2ccccc2)n1)C(C)(C)C. The number of hydrogen-bond donors (Lipinski definition) is 3. The van der Waals surface area contributed by atoms with Crippen LogP contribution >= 0.6 is 0 Å². The Morgan fingerprint density at radius 1 is 1.17 bits per heavy atom. The van der Waals surface area contributed by atoms with Crippen molar-refractivity contribution >= 4 is 11.9 Å². The van der Waals surface area contributed by atoms with Crippen LogP contribution < -0.4 is 5.32 Å². The first-order chi connectivity index (χ1) is 14.0. The van der Waals surface area contributed by atoms with E-state index in [1.54, 1.807) is 0 Å². The van der Waals surface area contributed by atoms with Crippen molar-refractivity contribution in [3.63, 3.8) is 0 Å². The highest BCUT2D eigenvalue weighted by Crippen LogP contribution is 2.32. The molecular weight excluding hydrogens is 388 g/mol. The molecule has 2 rings (SSSR count). The van der Waals surface area contributed by atoms with Gasteiger partial charge in [0.2, 0.25) is 0 Å². The Labute approximate surface area is 176 Å². The molecule has 0 saturated heterocycles. The Kier molecular flexibility index (Phi) is 7.69. The zero-order valence-corrected chi connectivity index (χ0v) is 18.0. The lowest BCUT2D eigenvalue weighted by molar-refractivity contribution is -0.162. The number of amides is 3. The van der Waals surface area contributed by atoms with Crippen LogP contribution in [0.25, 0.3) is 11.5 Å². The number of aliphatic hydroxyl groups is 1. The number of carbonyl (C=O) groups is 2. The van der Waals surface area contributed by atoms with Gasteiger partial charge in [-0.25, -0.2) is 4.79 Å². The molecule has 3 N–H and O–H groups in total. The second-order valence-corrected chi connectivity index (χ2v) is 8.71. The number of nitrogens with one attached hydrogen (secondary N) is 1. The van der Waals surface area contributed by atoms with Gasteiger partial charge in [-0.15, -0.1) is 5.06 Å². The first-order valence-corrected chi connectivity index (χ1v) is 9.91.